The van der Waals surface area contributed by atoms with Crippen molar-refractivity contribution >= 4 is 11.6 Å². The predicted molar refractivity (Wildman–Crippen MR) is 91.2 cm³/mol. The number of anilines is 1. The Morgan fingerprint density at radius 2 is 1.92 bits per heavy atom. The highest BCUT2D eigenvalue weighted by Gasteiger charge is 2.22. The summed E-state index contributed by atoms with van der Waals surface area (Å²) in [6.45, 7) is 2.47. The Hall–Kier alpha value is -2.31. The third-order valence-corrected chi connectivity index (χ3v) is 4.20. The van der Waals surface area contributed by atoms with Crippen molar-refractivity contribution in [3.63, 3.8) is 0 Å². The van der Waals surface area contributed by atoms with Gasteiger partial charge in [0.2, 0.25) is 5.91 Å². The quantitative estimate of drug-likeness (QED) is 0.903. The number of hydrogen-bond donors (Lipinski definition) is 1. The van der Waals surface area contributed by atoms with Crippen molar-refractivity contribution in [2.75, 3.05) is 31.6 Å². The van der Waals surface area contributed by atoms with Gasteiger partial charge >= 0.3 is 0 Å². The van der Waals surface area contributed by atoms with Crippen molar-refractivity contribution in [3.8, 4) is 0 Å². The lowest BCUT2D eigenvalue weighted by Crippen LogP contribution is -2.39. The van der Waals surface area contributed by atoms with Crippen LogP contribution in [0.25, 0.3) is 0 Å². The Bertz CT molecular complexity index is 722. The van der Waals surface area contributed by atoms with Crippen LogP contribution in [0, 0.1) is 11.6 Å². The number of rotatable bonds is 5. The van der Waals surface area contributed by atoms with Crippen LogP contribution >= 0.6 is 0 Å². The molecule has 4 nitrogen and oxygen atoms in total. The highest BCUT2D eigenvalue weighted by atomic mass is 19.1. The fraction of sp³-hybridized carbons (Fsp3) is 0.316. The maximum absolute atomic E-state index is 13.5. The van der Waals surface area contributed by atoms with E-state index in [1.165, 1.54) is 24.3 Å². The van der Waals surface area contributed by atoms with E-state index in [-0.39, 0.29) is 29.9 Å². The average Bonchev–Trinajstić information content (AvgIpc) is 2.63. The van der Waals surface area contributed by atoms with Gasteiger partial charge in [0.15, 0.2) is 0 Å². The molecule has 1 saturated heterocycles. The van der Waals surface area contributed by atoms with Crippen LogP contribution in [0.1, 0.15) is 18.1 Å². The minimum Gasteiger partial charge on any atom is -0.371 e. The number of morpholine rings is 1. The van der Waals surface area contributed by atoms with Crippen LogP contribution in [0.4, 0.5) is 14.5 Å². The van der Waals surface area contributed by atoms with Gasteiger partial charge in [-0.05, 0) is 29.8 Å². The van der Waals surface area contributed by atoms with E-state index in [0.29, 0.717) is 19.7 Å². The summed E-state index contributed by atoms with van der Waals surface area (Å²) >= 11 is 0. The van der Waals surface area contributed by atoms with E-state index in [1.54, 1.807) is 24.3 Å². The summed E-state index contributed by atoms with van der Waals surface area (Å²) < 4.78 is 32.3. The zero-order chi connectivity index (χ0) is 17.6. The molecule has 1 aliphatic heterocycles. The van der Waals surface area contributed by atoms with Crippen molar-refractivity contribution in [3.05, 3.63) is 65.7 Å². The van der Waals surface area contributed by atoms with Gasteiger partial charge in [-0.3, -0.25) is 9.69 Å². The highest BCUT2D eigenvalue weighted by molar-refractivity contribution is 5.90. The Labute approximate surface area is 145 Å². The van der Waals surface area contributed by atoms with Gasteiger partial charge in [-0.15, -0.1) is 0 Å². The van der Waals surface area contributed by atoms with Gasteiger partial charge in [-0.25, -0.2) is 8.78 Å². The Morgan fingerprint density at radius 3 is 2.68 bits per heavy atom. The summed E-state index contributed by atoms with van der Waals surface area (Å²) in [4.78, 5) is 14.1. The lowest BCUT2D eigenvalue weighted by Gasteiger charge is -2.33. The van der Waals surface area contributed by atoms with Crippen molar-refractivity contribution in [2.45, 2.75) is 12.5 Å². The van der Waals surface area contributed by atoms with Crippen LogP contribution in [0.3, 0.4) is 0 Å². The van der Waals surface area contributed by atoms with Crippen molar-refractivity contribution in [1.29, 1.82) is 0 Å². The number of ether oxygens (including phenoxy) is 1. The molecule has 1 aliphatic rings. The van der Waals surface area contributed by atoms with E-state index >= 15 is 0 Å². The van der Waals surface area contributed by atoms with Crippen LogP contribution in [-0.2, 0) is 9.53 Å². The second-order valence-electron chi connectivity index (χ2n) is 5.99. The molecule has 0 aromatic heterocycles. The van der Waals surface area contributed by atoms with Gasteiger partial charge < -0.3 is 10.1 Å². The van der Waals surface area contributed by atoms with E-state index in [0.717, 1.165) is 12.1 Å². The molecule has 0 radical (unpaired) electrons. The van der Waals surface area contributed by atoms with Crippen LogP contribution < -0.4 is 5.32 Å². The van der Waals surface area contributed by atoms with Crippen molar-refractivity contribution in [2.24, 2.45) is 0 Å². The lowest BCUT2D eigenvalue weighted by atomic mass is 10.1. The molecule has 3 rings (SSSR count). The number of nitrogens with zero attached hydrogens (tertiary/aromatic N) is 1. The second kappa shape index (κ2) is 8.18. The SMILES string of the molecule is O=C(CCN1CCO[C@H](c2ccc(F)cc2)C1)Nc1ccccc1F. The number of benzene rings is 2. The topological polar surface area (TPSA) is 41.6 Å². The number of halogens is 2. The summed E-state index contributed by atoms with van der Waals surface area (Å²) in [5, 5.41) is 2.59. The molecular weight excluding hydrogens is 326 g/mol. The van der Waals surface area contributed by atoms with Crippen LogP contribution in [0.2, 0.25) is 0 Å². The molecule has 1 atom stereocenters. The van der Waals surface area contributed by atoms with Gasteiger partial charge in [0, 0.05) is 26.1 Å². The third kappa shape index (κ3) is 4.84. The Balaban J connectivity index is 1.50. The first-order valence-corrected chi connectivity index (χ1v) is 8.25. The van der Waals surface area contributed by atoms with E-state index in [9.17, 15) is 13.6 Å². The van der Waals surface area contributed by atoms with E-state index < -0.39 is 5.82 Å². The summed E-state index contributed by atoms with van der Waals surface area (Å²) in [7, 11) is 0. The first-order valence-electron chi connectivity index (χ1n) is 8.25. The number of para-hydroxylation sites is 1. The zero-order valence-corrected chi connectivity index (χ0v) is 13.8. The number of carbonyl (C=O) groups is 1. The summed E-state index contributed by atoms with van der Waals surface area (Å²) in [6, 6.07) is 12.4. The van der Waals surface area contributed by atoms with E-state index in [1.807, 2.05) is 0 Å². The molecule has 1 heterocycles. The minimum atomic E-state index is -0.446. The number of carbonyl (C=O) groups excluding carboxylic acids is 1. The highest BCUT2D eigenvalue weighted by Crippen LogP contribution is 2.22. The van der Waals surface area contributed by atoms with Crippen LogP contribution in [-0.4, -0.2) is 37.0 Å². The van der Waals surface area contributed by atoms with E-state index in [2.05, 4.69) is 10.2 Å². The molecule has 6 heteroatoms. The fourth-order valence-corrected chi connectivity index (χ4v) is 2.82. The standard InChI is InChI=1S/C19H20F2N2O2/c20-15-7-5-14(6-8-15)18-13-23(11-12-25-18)10-9-19(24)22-17-4-2-1-3-16(17)21/h1-8,18H,9-13H2,(H,22,24)/t18-/m0/s1. The average molecular weight is 346 g/mol. The molecule has 132 valence electrons. The summed E-state index contributed by atoms with van der Waals surface area (Å²) in [5.74, 6) is -0.949. The monoisotopic (exact) mass is 346 g/mol. The Morgan fingerprint density at radius 1 is 1.16 bits per heavy atom. The first-order chi connectivity index (χ1) is 12.1. The molecule has 1 fully saturated rings. The third-order valence-electron chi connectivity index (χ3n) is 4.20. The number of amides is 1. The molecule has 25 heavy (non-hydrogen) atoms. The molecule has 0 aliphatic carbocycles. The van der Waals surface area contributed by atoms with Gasteiger partial charge in [0.1, 0.15) is 11.6 Å². The zero-order valence-electron chi connectivity index (χ0n) is 13.8. The molecule has 0 bridgehead atoms. The Kier molecular flexibility index (Phi) is 5.73. The van der Waals surface area contributed by atoms with Gasteiger partial charge in [-0.1, -0.05) is 24.3 Å². The van der Waals surface area contributed by atoms with Gasteiger partial charge in [0.25, 0.3) is 0 Å². The molecule has 1 N–H and O–H groups in total. The van der Waals surface area contributed by atoms with Crippen molar-refractivity contribution in [1.82, 2.24) is 4.90 Å². The fourth-order valence-electron chi connectivity index (χ4n) is 2.82. The van der Waals surface area contributed by atoms with Gasteiger partial charge in [0.05, 0.1) is 18.4 Å². The summed E-state index contributed by atoms with van der Waals surface area (Å²) in [6.07, 6.45) is 0.133. The molecule has 0 unspecified atom stereocenters. The van der Waals surface area contributed by atoms with Crippen molar-refractivity contribution < 1.29 is 18.3 Å². The number of hydrogen-bond acceptors (Lipinski definition) is 3. The maximum atomic E-state index is 13.5. The smallest absolute Gasteiger partial charge is 0.225 e. The number of nitrogens with one attached hydrogen (secondary N) is 1. The van der Waals surface area contributed by atoms with Crippen LogP contribution in [0.5, 0.6) is 0 Å². The molecule has 0 saturated carbocycles. The van der Waals surface area contributed by atoms with E-state index in [4.69, 9.17) is 4.74 Å². The maximum Gasteiger partial charge on any atom is 0.225 e. The molecule has 0 spiro atoms. The second-order valence-corrected chi connectivity index (χ2v) is 5.99. The summed E-state index contributed by atoms with van der Waals surface area (Å²) in [5.41, 5.74) is 1.11. The molecular formula is C19H20F2N2O2. The lowest BCUT2D eigenvalue weighted by molar-refractivity contribution is -0.117. The molecule has 1 amide bonds. The predicted octanol–water partition coefficient (Wildman–Crippen LogP) is 3.37. The first kappa shape index (κ1) is 17.5. The van der Waals surface area contributed by atoms with Crippen LogP contribution in [0.15, 0.2) is 48.5 Å². The normalized spacial score (nSPS) is 18.1. The largest absolute Gasteiger partial charge is 0.371 e. The molecule has 2 aromatic rings. The van der Waals surface area contributed by atoms with Gasteiger partial charge in [-0.2, -0.15) is 0 Å². The minimum absolute atomic E-state index is 0.135. The molecule has 2 aromatic carbocycles.